The standard InChI is InChI=1S/C12H14ClF2NO3S/c1-8-7-19-10(5-13)6-16(8)20(17,18)12-3-2-9(14)4-11(12)15/h2-4,8,10H,5-7H2,1H3. The van der Waals surface area contributed by atoms with Crippen LogP contribution in [0.4, 0.5) is 8.78 Å². The van der Waals surface area contributed by atoms with Crippen LogP contribution in [0.15, 0.2) is 23.1 Å². The van der Waals surface area contributed by atoms with Gasteiger partial charge in [0.05, 0.1) is 12.7 Å². The summed E-state index contributed by atoms with van der Waals surface area (Å²) in [6, 6.07) is 1.96. The fourth-order valence-corrected chi connectivity index (χ4v) is 3.91. The highest BCUT2D eigenvalue weighted by molar-refractivity contribution is 7.89. The van der Waals surface area contributed by atoms with Gasteiger partial charge in [-0.1, -0.05) is 0 Å². The second-order valence-corrected chi connectivity index (χ2v) is 6.78. The first-order valence-electron chi connectivity index (χ1n) is 6.00. The molecular formula is C12H14ClF2NO3S. The van der Waals surface area contributed by atoms with Crippen LogP contribution in [0.2, 0.25) is 0 Å². The van der Waals surface area contributed by atoms with E-state index in [1.807, 2.05) is 0 Å². The molecule has 1 heterocycles. The van der Waals surface area contributed by atoms with E-state index in [9.17, 15) is 17.2 Å². The Bertz CT molecular complexity index is 596. The summed E-state index contributed by atoms with van der Waals surface area (Å²) < 4.78 is 58.0. The molecule has 2 rings (SSSR count). The third-order valence-corrected chi connectivity index (χ3v) is 5.46. The molecule has 1 aliphatic heterocycles. The Labute approximate surface area is 121 Å². The van der Waals surface area contributed by atoms with Crippen molar-refractivity contribution in [2.45, 2.75) is 24.0 Å². The quantitative estimate of drug-likeness (QED) is 0.798. The van der Waals surface area contributed by atoms with Crippen LogP contribution in [0.5, 0.6) is 0 Å². The molecule has 1 saturated heterocycles. The Balaban J connectivity index is 2.38. The first-order chi connectivity index (χ1) is 9.36. The van der Waals surface area contributed by atoms with Gasteiger partial charge in [0.1, 0.15) is 16.5 Å². The molecular weight excluding hydrogens is 312 g/mol. The van der Waals surface area contributed by atoms with Crippen LogP contribution in [0.3, 0.4) is 0 Å². The van der Waals surface area contributed by atoms with Crippen molar-refractivity contribution in [3.05, 3.63) is 29.8 Å². The average Bonchev–Trinajstić information content (AvgIpc) is 2.38. The molecule has 0 radical (unpaired) electrons. The molecule has 0 bridgehead atoms. The van der Waals surface area contributed by atoms with Crippen LogP contribution < -0.4 is 0 Å². The van der Waals surface area contributed by atoms with E-state index in [1.165, 1.54) is 0 Å². The molecule has 0 spiro atoms. The van der Waals surface area contributed by atoms with E-state index in [0.29, 0.717) is 6.07 Å². The van der Waals surface area contributed by atoms with Gasteiger partial charge in [-0.2, -0.15) is 4.31 Å². The van der Waals surface area contributed by atoms with Crippen LogP contribution in [0, 0.1) is 11.6 Å². The van der Waals surface area contributed by atoms with Gasteiger partial charge in [0.25, 0.3) is 0 Å². The minimum Gasteiger partial charge on any atom is -0.374 e. The Kier molecular flexibility index (Phi) is 4.63. The van der Waals surface area contributed by atoms with Gasteiger partial charge in [0, 0.05) is 24.5 Å². The number of sulfonamides is 1. The Morgan fingerprint density at radius 3 is 2.75 bits per heavy atom. The molecule has 0 N–H and O–H groups in total. The van der Waals surface area contributed by atoms with Crippen molar-refractivity contribution in [1.29, 1.82) is 0 Å². The van der Waals surface area contributed by atoms with Crippen LogP contribution in [-0.2, 0) is 14.8 Å². The maximum atomic E-state index is 13.7. The predicted molar refractivity (Wildman–Crippen MR) is 70.2 cm³/mol. The molecule has 1 fully saturated rings. The molecule has 1 aromatic carbocycles. The first-order valence-corrected chi connectivity index (χ1v) is 7.98. The molecule has 1 aromatic rings. The molecule has 2 atom stereocenters. The molecule has 8 heteroatoms. The number of nitrogens with zero attached hydrogens (tertiary/aromatic N) is 1. The van der Waals surface area contributed by atoms with E-state index in [1.54, 1.807) is 6.92 Å². The lowest BCUT2D eigenvalue weighted by atomic mass is 10.2. The zero-order valence-corrected chi connectivity index (χ0v) is 12.3. The number of hydrogen-bond acceptors (Lipinski definition) is 3. The molecule has 112 valence electrons. The van der Waals surface area contributed by atoms with E-state index in [-0.39, 0.29) is 19.0 Å². The summed E-state index contributed by atoms with van der Waals surface area (Å²) in [5, 5.41) is 0. The van der Waals surface area contributed by atoms with Crippen molar-refractivity contribution in [2.75, 3.05) is 19.0 Å². The van der Waals surface area contributed by atoms with Gasteiger partial charge < -0.3 is 4.74 Å². The van der Waals surface area contributed by atoms with Gasteiger partial charge in [-0.05, 0) is 19.1 Å². The first kappa shape index (κ1) is 15.6. The van der Waals surface area contributed by atoms with Crippen molar-refractivity contribution in [2.24, 2.45) is 0 Å². The molecule has 4 nitrogen and oxygen atoms in total. The number of hydrogen-bond donors (Lipinski definition) is 0. The lowest BCUT2D eigenvalue weighted by molar-refractivity contribution is -0.0152. The molecule has 0 aromatic heterocycles. The minimum atomic E-state index is -4.05. The highest BCUT2D eigenvalue weighted by Gasteiger charge is 2.36. The maximum Gasteiger partial charge on any atom is 0.246 e. The number of benzene rings is 1. The highest BCUT2D eigenvalue weighted by Crippen LogP contribution is 2.25. The topological polar surface area (TPSA) is 46.6 Å². The lowest BCUT2D eigenvalue weighted by Crippen LogP contribution is -2.51. The molecule has 1 aliphatic rings. The minimum absolute atomic E-state index is 0.0455. The van der Waals surface area contributed by atoms with Crippen molar-refractivity contribution in [1.82, 2.24) is 4.31 Å². The summed E-state index contributed by atoms with van der Waals surface area (Å²) in [5.74, 6) is -1.79. The van der Waals surface area contributed by atoms with Gasteiger partial charge in [0.15, 0.2) is 0 Å². The van der Waals surface area contributed by atoms with E-state index in [0.717, 1.165) is 16.4 Å². The molecule has 2 unspecified atom stereocenters. The number of alkyl halides is 1. The predicted octanol–water partition coefficient (Wildman–Crippen LogP) is 1.98. The third-order valence-electron chi connectivity index (χ3n) is 3.10. The summed E-state index contributed by atoms with van der Waals surface area (Å²) in [4.78, 5) is -0.541. The van der Waals surface area contributed by atoms with Gasteiger partial charge in [-0.3, -0.25) is 0 Å². The number of morpholine rings is 1. The number of halogens is 3. The fraction of sp³-hybridized carbons (Fsp3) is 0.500. The largest absolute Gasteiger partial charge is 0.374 e. The molecule has 0 saturated carbocycles. The summed E-state index contributed by atoms with van der Waals surface area (Å²) in [7, 11) is -4.05. The fourth-order valence-electron chi connectivity index (χ4n) is 2.03. The van der Waals surface area contributed by atoms with E-state index < -0.39 is 38.7 Å². The number of rotatable bonds is 3. The van der Waals surface area contributed by atoms with Crippen molar-refractivity contribution in [3.63, 3.8) is 0 Å². The Morgan fingerprint density at radius 1 is 1.45 bits per heavy atom. The second kappa shape index (κ2) is 5.93. The average molecular weight is 326 g/mol. The molecule has 0 amide bonds. The van der Waals surface area contributed by atoms with Gasteiger partial charge in [-0.25, -0.2) is 17.2 Å². The second-order valence-electron chi connectivity index (χ2n) is 4.61. The van der Waals surface area contributed by atoms with Crippen LogP contribution in [0.25, 0.3) is 0 Å². The monoisotopic (exact) mass is 325 g/mol. The summed E-state index contributed by atoms with van der Waals surface area (Å²) in [6.45, 7) is 1.88. The highest BCUT2D eigenvalue weighted by atomic mass is 35.5. The summed E-state index contributed by atoms with van der Waals surface area (Å²) in [5.41, 5.74) is 0. The van der Waals surface area contributed by atoms with Crippen molar-refractivity contribution < 1.29 is 21.9 Å². The third kappa shape index (κ3) is 2.95. The Morgan fingerprint density at radius 2 is 2.15 bits per heavy atom. The SMILES string of the molecule is CC1COC(CCl)CN1S(=O)(=O)c1ccc(F)cc1F. The van der Waals surface area contributed by atoms with Gasteiger partial charge >= 0.3 is 0 Å². The zero-order valence-electron chi connectivity index (χ0n) is 10.7. The van der Waals surface area contributed by atoms with Gasteiger partial charge in [-0.15, -0.1) is 11.6 Å². The number of ether oxygens (including phenoxy) is 1. The maximum absolute atomic E-state index is 13.7. The van der Waals surface area contributed by atoms with E-state index >= 15 is 0 Å². The zero-order chi connectivity index (χ0) is 14.9. The molecule has 0 aliphatic carbocycles. The lowest BCUT2D eigenvalue weighted by Gasteiger charge is -2.36. The normalized spacial score (nSPS) is 24.8. The van der Waals surface area contributed by atoms with Crippen LogP contribution in [0.1, 0.15) is 6.92 Å². The van der Waals surface area contributed by atoms with Crippen LogP contribution >= 0.6 is 11.6 Å². The summed E-state index contributed by atoms with van der Waals surface area (Å²) in [6.07, 6.45) is -0.439. The van der Waals surface area contributed by atoms with Gasteiger partial charge in [0.2, 0.25) is 10.0 Å². The smallest absolute Gasteiger partial charge is 0.246 e. The molecule has 20 heavy (non-hydrogen) atoms. The Hall–Kier alpha value is -0.760. The summed E-state index contributed by atoms with van der Waals surface area (Å²) >= 11 is 5.67. The van der Waals surface area contributed by atoms with Crippen molar-refractivity contribution in [3.8, 4) is 0 Å². The van der Waals surface area contributed by atoms with E-state index in [2.05, 4.69) is 0 Å². The van der Waals surface area contributed by atoms with Crippen molar-refractivity contribution >= 4 is 21.6 Å². The van der Waals surface area contributed by atoms with E-state index in [4.69, 9.17) is 16.3 Å². The van der Waals surface area contributed by atoms with Crippen LogP contribution in [-0.4, -0.2) is 43.9 Å².